The van der Waals surface area contributed by atoms with E-state index in [2.05, 4.69) is 10.5 Å². The van der Waals surface area contributed by atoms with E-state index in [4.69, 9.17) is 16.8 Å². The van der Waals surface area contributed by atoms with E-state index < -0.39 is 5.91 Å². The van der Waals surface area contributed by atoms with E-state index in [0.717, 1.165) is 0 Å². The van der Waals surface area contributed by atoms with Gasteiger partial charge in [0.15, 0.2) is 0 Å². The molecule has 0 unspecified atom stereocenters. The minimum absolute atomic E-state index is 0.123. The first-order valence-corrected chi connectivity index (χ1v) is 6.48. The quantitative estimate of drug-likeness (QED) is 0.461. The van der Waals surface area contributed by atoms with Crippen LogP contribution in [0.2, 0.25) is 5.02 Å². The number of phenolic OH excluding ortho intramolecular Hbond substituents is 1. The second kappa shape index (κ2) is 6.28. The summed E-state index contributed by atoms with van der Waals surface area (Å²) in [5.41, 5.74) is 1.75. The Morgan fingerprint density at radius 3 is 2.67 bits per heavy atom. The zero-order valence-corrected chi connectivity index (χ0v) is 11.9. The van der Waals surface area contributed by atoms with Crippen LogP contribution in [0.5, 0.6) is 5.75 Å². The molecule has 0 aromatic heterocycles. The lowest BCUT2D eigenvalue weighted by Gasteiger charge is -2.08. The molecule has 0 aliphatic rings. The average Bonchev–Trinajstić information content (AvgIpc) is 2.46. The molecule has 0 radical (unpaired) electrons. The standard InChI is InChI=1S/C15H13ClN2O3/c1-9(18-21)10-3-2-4-12(7-10)17-15(20)13-6-5-11(16)8-14(13)19/h2-8,19,21H,1H3,(H,17,20)/b18-9+. The van der Waals surface area contributed by atoms with E-state index >= 15 is 0 Å². The molecule has 6 heteroatoms. The van der Waals surface area contributed by atoms with Gasteiger partial charge >= 0.3 is 0 Å². The molecule has 0 heterocycles. The van der Waals surface area contributed by atoms with Crippen molar-refractivity contribution in [1.82, 2.24) is 0 Å². The van der Waals surface area contributed by atoms with Gasteiger partial charge in [-0.3, -0.25) is 4.79 Å². The Morgan fingerprint density at radius 2 is 2.00 bits per heavy atom. The van der Waals surface area contributed by atoms with Crippen LogP contribution < -0.4 is 5.32 Å². The Balaban J connectivity index is 2.23. The molecule has 2 aromatic rings. The van der Waals surface area contributed by atoms with Gasteiger partial charge in [0.05, 0.1) is 11.3 Å². The zero-order valence-electron chi connectivity index (χ0n) is 11.2. The van der Waals surface area contributed by atoms with Crippen molar-refractivity contribution in [3.63, 3.8) is 0 Å². The average molecular weight is 305 g/mol. The van der Waals surface area contributed by atoms with E-state index in [1.807, 2.05) is 0 Å². The van der Waals surface area contributed by atoms with Gasteiger partial charge in [-0.05, 0) is 37.3 Å². The third kappa shape index (κ3) is 3.52. The SMILES string of the molecule is C/C(=N\O)c1cccc(NC(=O)c2ccc(Cl)cc2O)c1. The molecule has 0 atom stereocenters. The van der Waals surface area contributed by atoms with Gasteiger partial charge in [-0.25, -0.2) is 0 Å². The van der Waals surface area contributed by atoms with E-state index in [1.54, 1.807) is 31.2 Å². The lowest BCUT2D eigenvalue weighted by Crippen LogP contribution is -2.12. The number of aromatic hydroxyl groups is 1. The maximum absolute atomic E-state index is 12.1. The minimum Gasteiger partial charge on any atom is -0.507 e. The van der Waals surface area contributed by atoms with Crippen LogP contribution in [-0.2, 0) is 0 Å². The lowest BCUT2D eigenvalue weighted by atomic mass is 10.1. The maximum atomic E-state index is 12.1. The van der Waals surface area contributed by atoms with Crippen LogP contribution in [0, 0.1) is 0 Å². The number of oxime groups is 1. The number of halogens is 1. The van der Waals surface area contributed by atoms with Crippen molar-refractivity contribution in [3.05, 3.63) is 58.6 Å². The van der Waals surface area contributed by atoms with Crippen molar-refractivity contribution >= 4 is 28.9 Å². The first kappa shape index (κ1) is 14.9. The number of carbonyl (C=O) groups is 1. The molecule has 5 nitrogen and oxygen atoms in total. The van der Waals surface area contributed by atoms with Crippen LogP contribution in [0.25, 0.3) is 0 Å². The number of anilines is 1. The fourth-order valence-electron chi connectivity index (χ4n) is 1.77. The molecule has 2 rings (SSSR count). The molecule has 0 saturated heterocycles. The first-order chi connectivity index (χ1) is 10.0. The number of benzene rings is 2. The molecule has 1 amide bonds. The molecule has 0 saturated carbocycles. The summed E-state index contributed by atoms with van der Waals surface area (Å²) < 4.78 is 0. The largest absolute Gasteiger partial charge is 0.507 e. The highest BCUT2D eigenvalue weighted by Gasteiger charge is 2.12. The Labute approximate surface area is 126 Å². The molecule has 108 valence electrons. The van der Waals surface area contributed by atoms with Crippen LogP contribution in [0.1, 0.15) is 22.8 Å². The van der Waals surface area contributed by atoms with Gasteiger partial charge in [-0.1, -0.05) is 28.9 Å². The molecule has 0 spiro atoms. The van der Waals surface area contributed by atoms with E-state index in [9.17, 15) is 9.90 Å². The normalized spacial score (nSPS) is 11.2. The van der Waals surface area contributed by atoms with E-state index in [-0.39, 0.29) is 11.3 Å². The summed E-state index contributed by atoms with van der Waals surface area (Å²) in [6, 6.07) is 11.1. The molecule has 0 aliphatic carbocycles. The minimum atomic E-state index is -0.458. The summed E-state index contributed by atoms with van der Waals surface area (Å²) in [6.45, 7) is 1.64. The summed E-state index contributed by atoms with van der Waals surface area (Å²) in [5.74, 6) is -0.649. The fraction of sp³-hybridized carbons (Fsp3) is 0.0667. The number of nitrogens with one attached hydrogen (secondary N) is 1. The highest BCUT2D eigenvalue weighted by atomic mass is 35.5. The van der Waals surface area contributed by atoms with Gasteiger partial charge in [-0.15, -0.1) is 0 Å². The molecule has 2 aromatic carbocycles. The van der Waals surface area contributed by atoms with Crippen molar-refractivity contribution < 1.29 is 15.1 Å². The van der Waals surface area contributed by atoms with Crippen LogP contribution >= 0.6 is 11.6 Å². The number of rotatable bonds is 3. The van der Waals surface area contributed by atoms with Gasteiger partial charge in [0.2, 0.25) is 0 Å². The highest BCUT2D eigenvalue weighted by molar-refractivity contribution is 6.31. The van der Waals surface area contributed by atoms with E-state index in [0.29, 0.717) is 22.0 Å². The molecule has 0 aliphatic heterocycles. The second-order valence-electron chi connectivity index (χ2n) is 4.38. The van der Waals surface area contributed by atoms with Crippen LogP contribution in [0.4, 0.5) is 5.69 Å². The number of carbonyl (C=O) groups excluding carboxylic acids is 1. The number of hydrogen-bond acceptors (Lipinski definition) is 4. The predicted molar refractivity (Wildman–Crippen MR) is 81.5 cm³/mol. The number of phenols is 1. The number of hydrogen-bond donors (Lipinski definition) is 3. The van der Waals surface area contributed by atoms with Gasteiger partial charge in [0.1, 0.15) is 5.75 Å². The summed E-state index contributed by atoms with van der Waals surface area (Å²) in [7, 11) is 0. The molecule has 0 bridgehead atoms. The predicted octanol–water partition coefficient (Wildman–Crippen LogP) is 3.50. The fourth-order valence-corrected chi connectivity index (χ4v) is 1.94. The Bertz CT molecular complexity index is 714. The van der Waals surface area contributed by atoms with Gasteiger partial charge in [0, 0.05) is 16.3 Å². The summed E-state index contributed by atoms with van der Waals surface area (Å²) >= 11 is 5.72. The Morgan fingerprint density at radius 1 is 1.24 bits per heavy atom. The zero-order chi connectivity index (χ0) is 15.4. The monoisotopic (exact) mass is 304 g/mol. The number of nitrogens with zero attached hydrogens (tertiary/aromatic N) is 1. The molecule has 21 heavy (non-hydrogen) atoms. The smallest absolute Gasteiger partial charge is 0.259 e. The number of amides is 1. The van der Waals surface area contributed by atoms with Gasteiger partial charge in [0.25, 0.3) is 5.91 Å². The Kier molecular flexibility index (Phi) is 4.45. The highest BCUT2D eigenvalue weighted by Crippen LogP contribution is 2.23. The third-order valence-corrected chi connectivity index (χ3v) is 3.13. The molecular weight excluding hydrogens is 292 g/mol. The van der Waals surface area contributed by atoms with Crippen molar-refractivity contribution in [1.29, 1.82) is 0 Å². The van der Waals surface area contributed by atoms with Gasteiger partial charge in [-0.2, -0.15) is 0 Å². The Hall–Kier alpha value is -2.53. The molecule has 3 N–H and O–H groups in total. The summed E-state index contributed by atoms with van der Waals surface area (Å²) in [4.78, 5) is 12.1. The summed E-state index contributed by atoms with van der Waals surface area (Å²) in [6.07, 6.45) is 0. The van der Waals surface area contributed by atoms with Crippen LogP contribution in [0.3, 0.4) is 0 Å². The maximum Gasteiger partial charge on any atom is 0.259 e. The van der Waals surface area contributed by atoms with Gasteiger partial charge < -0.3 is 15.6 Å². The topological polar surface area (TPSA) is 81.9 Å². The van der Waals surface area contributed by atoms with Crippen molar-refractivity contribution in [2.75, 3.05) is 5.32 Å². The van der Waals surface area contributed by atoms with Crippen molar-refractivity contribution in [2.45, 2.75) is 6.92 Å². The third-order valence-electron chi connectivity index (χ3n) is 2.89. The van der Waals surface area contributed by atoms with Crippen molar-refractivity contribution in [2.24, 2.45) is 5.16 Å². The second-order valence-corrected chi connectivity index (χ2v) is 4.82. The first-order valence-electron chi connectivity index (χ1n) is 6.10. The van der Waals surface area contributed by atoms with Crippen LogP contribution in [-0.4, -0.2) is 21.9 Å². The van der Waals surface area contributed by atoms with E-state index in [1.165, 1.54) is 18.2 Å². The summed E-state index contributed by atoms with van der Waals surface area (Å²) in [5, 5.41) is 24.6. The van der Waals surface area contributed by atoms with Crippen molar-refractivity contribution in [3.8, 4) is 5.75 Å². The van der Waals surface area contributed by atoms with Crippen LogP contribution in [0.15, 0.2) is 47.6 Å². The molecular formula is C15H13ClN2O3. The lowest BCUT2D eigenvalue weighted by molar-refractivity contribution is 0.102. The molecule has 0 fully saturated rings.